The molecule has 1 N–H and O–H groups in total. The number of aliphatic hydroxyl groups is 1. The molecular weight excluding hydrogens is 174 g/mol. The molecule has 1 saturated carbocycles. The quantitative estimate of drug-likeness (QED) is 0.791. The Morgan fingerprint density at radius 1 is 1.50 bits per heavy atom. The first-order valence-corrected chi connectivity index (χ1v) is 5.41. The van der Waals surface area contributed by atoms with E-state index in [0.717, 1.165) is 24.3 Å². The highest BCUT2D eigenvalue weighted by Crippen LogP contribution is 2.30. The van der Waals surface area contributed by atoms with E-state index in [1.807, 2.05) is 18.3 Å². The molecule has 2 rings (SSSR count). The largest absolute Gasteiger partial charge is 0.393 e. The van der Waals surface area contributed by atoms with E-state index in [1.165, 1.54) is 19.3 Å². The van der Waals surface area contributed by atoms with Gasteiger partial charge in [0.2, 0.25) is 0 Å². The van der Waals surface area contributed by atoms with Crippen LogP contribution in [0.2, 0.25) is 0 Å². The van der Waals surface area contributed by atoms with Gasteiger partial charge in [-0.1, -0.05) is 25.3 Å². The fraction of sp³-hybridized carbons (Fsp3) is 0.583. The van der Waals surface area contributed by atoms with Crippen molar-refractivity contribution in [2.24, 2.45) is 5.92 Å². The van der Waals surface area contributed by atoms with Crippen LogP contribution in [0, 0.1) is 5.92 Å². The summed E-state index contributed by atoms with van der Waals surface area (Å²) in [5, 5.41) is 9.81. The highest BCUT2D eigenvalue weighted by molar-refractivity contribution is 5.09. The van der Waals surface area contributed by atoms with Gasteiger partial charge in [0.05, 0.1) is 6.10 Å². The minimum Gasteiger partial charge on any atom is -0.393 e. The second kappa shape index (κ2) is 4.56. The summed E-state index contributed by atoms with van der Waals surface area (Å²) in [5.41, 5.74) is 1.14. The molecule has 0 spiro atoms. The van der Waals surface area contributed by atoms with Gasteiger partial charge < -0.3 is 5.11 Å². The molecule has 76 valence electrons. The van der Waals surface area contributed by atoms with E-state index in [1.54, 1.807) is 6.20 Å². The molecule has 14 heavy (non-hydrogen) atoms. The van der Waals surface area contributed by atoms with E-state index in [0.29, 0.717) is 0 Å². The molecule has 0 saturated heterocycles. The lowest BCUT2D eigenvalue weighted by molar-refractivity contribution is 0.117. The third-order valence-electron chi connectivity index (χ3n) is 3.02. The molecular formula is C12H17NO. The molecule has 1 fully saturated rings. The molecule has 0 radical (unpaired) electrons. The standard InChI is InChI=1S/C12H17NO/c14-12(7-10-3-1-4-10)8-11-5-2-6-13-9-11/h2,5-6,9-10,12,14H,1,3-4,7-8H2. The van der Waals surface area contributed by atoms with Crippen molar-refractivity contribution in [2.75, 3.05) is 0 Å². The van der Waals surface area contributed by atoms with E-state index in [-0.39, 0.29) is 6.10 Å². The molecule has 0 amide bonds. The maximum Gasteiger partial charge on any atom is 0.0583 e. The van der Waals surface area contributed by atoms with Crippen LogP contribution in [0.3, 0.4) is 0 Å². The van der Waals surface area contributed by atoms with Crippen LogP contribution >= 0.6 is 0 Å². The average molecular weight is 191 g/mol. The zero-order chi connectivity index (χ0) is 9.80. The van der Waals surface area contributed by atoms with Crippen LogP contribution in [-0.2, 0) is 6.42 Å². The minimum atomic E-state index is -0.176. The van der Waals surface area contributed by atoms with Gasteiger partial charge in [-0.05, 0) is 30.4 Å². The highest BCUT2D eigenvalue weighted by Gasteiger charge is 2.20. The van der Waals surface area contributed by atoms with Crippen LogP contribution in [0.15, 0.2) is 24.5 Å². The van der Waals surface area contributed by atoms with Crippen molar-refractivity contribution in [3.63, 3.8) is 0 Å². The molecule has 0 aliphatic heterocycles. The van der Waals surface area contributed by atoms with Crippen molar-refractivity contribution in [3.05, 3.63) is 30.1 Å². The van der Waals surface area contributed by atoms with Gasteiger partial charge in [-0.25, -0.2) is 0 Å². The highest BCUT2D eigenvalue weighted by atomic mass is 16.3. The van der Waals surface area contributed by atoms with Gasteiger partial charge in [0, 0.05) is 12.4 Å². The molecule has 1 atom stereocenters. The summed E-state index contributed by atoms with van der Waals surface area (Å²) in [6, 6.07) is 3.95. The maximum absolute atomic E-state index is 9.81. The number of pyridine rings is 1. The molecule has 1 unspecified atom stereocenters. The Kier molecular flexibility index (Phi) is 3.14. The van der Waals surface area contributed by atoms with Gasteiger partial charge in [0.1, 0.15) is 0 Å². The van der Waals surface area contributed by atoms with Gasteiger partial charge in [-0.3, -0.25) is 4.98 Å². The van der Waals surface area contributed by atoms with Crippen LogP contribution in [0.5, 0.6) is 0 Å². The zero-order valence-electron chi connectivity index (χ0n) is 8.39. The van der Waals surface area contributed by atoms with E-state index < -0.39 is 0 Å². The first-order valence-electron chi connectivity index (χ1n) is 5.41. The van der Waals surface area contributed by atoms with E-state index in [2.05, 4.69) is 4.98 Å². The Morgan fingerprint density at radius 2 is 2.36 bits per heavy atom. The molecule has 1 aliphatic rings. The lowest BCUT2D eigenvalue weighted by atomic mass is 9.81. The van der Waals surface area contributed by atoms with E-state index in [9.17, 15) is 5.11 Å². The molecule has 2 heteroatoms. The minimum absolute atomic E-state index is 0.176. The van der Waals surface area contributed by atoms with Crippen molar-refractivity contribution >= 4 is 0 Å². The fourth-order valence-electron chi connectivity index (χ4n) is 1.99. The summed E-state index contributed by atoms with van der Waals surface area (Å²) in [7, 11) is 0. The summed E-state index contributed by atoms with van der Waals surface area (Å²) in [6.45, 7) is 0. The number of hydrogen-bond acceptors (Lipinski definition) is 2. The van der Waals surface area contributed by atoms with Gasteiger partial charge in [0.15, 0.2) is 0 Å². The number of aliphatic hydroxyl groups excluding tert-OH is 1. The van der Waals surface area contributed by atoms with Crippen molar-refractivity contribution < 1.29 is 5.11 Å². The van der Waals surface area contributed by atoms with Crippen LogP contribution in [0.4, 0.5) is 0 Å². The van der Waals surface area contributed by atoms with Crippen LogP contribution in [-0.4, -0.2) is 16.2 Å². The van der Waals surface area contributed by atoms with Crippen molar-refractivity contribution in [1.29, 1.82) is 0 Å². The van der Waals surface area contributed by atoms with Gasteiger partial charge in [0.25, 0.3) is 0 Å². The molecule has 2 nitrogen and oxygen atoms in total. The SMILES string of the molecule is OC(Cc1cccnc1)CC1CCC1. The Morgan fingerprint density at radius 3 is 2.93 bits per heavy atom. The van der Waals surface area contributed by atoms with E-state index >= 15 is 0 Å². The molecule has 1 aromatic heterocycles. The summed E-state index contributed by atoms with van der Waals surface area (Å²) in [5.74, 6) is 0.779. The summed E-state index contributed by atoms with van der Waals surface area (Å²) in [4.78, 5) is 4.04. The third-order valence-corrected chi connectivity index (χ3v) is 3.02. The second-order valence-corrected chi connectivity index (χ2v) is 4.25. The summed E-state index contributed by atoms with van der Waals surface area (Å²) in [6.07, 6.45) is 9.12. The second-order valence-electron chi connectivity index (χ2n) is 4.25. The molecule has 1 aliphatic carbocycles. The Labute approximate surface area is 85.0 Å². The van der Waals surface area contributed by atoms with Crippen molar-refractivity contribution in [3.8, 4) is 0 Å². The molecule has 0 aromatic carbocycles. The van der Waals surface area contributed by atoms with Gasteiger partial charge in [-0.2, -0.15) is 0 Å². The van der Waals surface area contributed by atoms with Gasteiger partial charge >= 0.3 is 0 Å². The molecule has 0 bridgehead atoms. The average Bonchev–Trinajstić information content (AvgIpc) is 2.13. The Balaban J connectivity index is 1.79. The monoisotopic (exact) mass is 191 g/mol. The predicted molar refractivity (Wildman–Crippen MR) is 55.9 cm³/mol. The van der Waals surface area contributed by atoms with Crippen LogP contribution < -0.4 is 0 Å². The first-order chi connectivity index (χ1) is 6.84. The number of nitrogens with zero attached hydrogens (tertiary/aromatic N) is 1. The third kappa shape index (κ3) is 2.55. The Hall–Kier alpha value is -0.890. The summed E-state index contributed by atoms with van der Waals surface area (Å²) < 4.78 is 0. The fourth-order valence-corrected chi connectivity index (χ4v) is 1.99. The number of hydrogen-bond donors (Lipinski definition) is 1. The molecule has 1 aromatic rings. The van der Waals surface area contributed by atoms with Crippen molar-refractivity contribution in [2.45, 2.75) is 38.2 Å². The number of rotatable bonds is 4. The number of aromatic nitrogens is 1. The normalized spacial score (nSPS) is 18.9. The molecule has 1 heterocycles. The predicted octanol–water partition coefficient (Wildman–Crippen LogP) is 2.18. The Bertz CT molecular complexity index is 269. The smallest absolute Gasteiger partial charge is 0.0583 e. The lowest BCUT2D eigenvalue weighted by Crippen LogP contribution is -2.20. The maximum atomic E-state index is 9.81. The first kappa shape index (κ1) is 9.66. The van der Waals surface area contributed by atoms with E-state index in [4.69, 9.17) is 0 Å². The van der Waals surface area contributed by atoms with Crippen molar-refractivity contribution in [1.82, 2.24) is 4.98 Å². The lowest BCUT2D eigenvalue weighted by Gasteiger charge is -2.27. The topological polar surface area (TPSA) is 33.1 Å². The van der Waals surface area contributed by atoms with Crippen LogP contribution in [0.25, 0.3) is 0 Å². The van der Waals surface area contributed by atoms with Crippen LogP contribution in [0.1, 0.15) is 31.2 Å². The zero-order valence-corrected chi connectivity index (χ0v) is 8.39. The summed E-state index contributed by atoms with van der Waals surface area (Å²) >= 11 is 0. The van der Waals surface area contributed by atoms with Gasteiger partial charge in [-0.15, -0.1) is 0 Å².